The van der Waals surface area contributed by atoms with Crippen LogP contribution in [-0.2, 0) is 9.53 Å². The van der Waals surface area contributed by atoms with Crippen LogP contribution in [0.5, 0.6) is 5.88 Å². The van der Waals surface area contributed by atoms with Crippen LogP contribution in [-0.4, -0.2) is 54.8 Å². The minimum atomic E-state index is -0.292. The average molecular weight is 320 g/mol. The summed E-state index contributed by atoms with van der Waals surface area (Å²) in [6.07, 6.45) is 6.69. The third-order valence-electron chi connectivity index (χ3n) is 4.18. The molecule has 2 aliphatic rings. The van der Waals surface area contributed by atoms with Crippen LogP contribution in [0.25, 0.3) is 0 Å². The van der Waals surface area contributed by atoms with Gasteiger partial charge in [-0.25, -0.2) is 9.97 Å². The van der Waals surface area contributed by atoms with E-state index in [-0.39, 0.29) is 12.0 Å². The first-order valence-corrected chi connectivity index (χ1v) is 8.42. The maximum atomic E-state index is 11.8. The maximum Gasteiger partial charge on any atom is 0.249 e. The van der Waals surface area contributed by atoms with Crippen LogP contribution >= 0.6 is 0 Å². The number of carbonyl (C=O) groups is 1. The SMILES string of the molecule is O=C(NCCOc1cc(N2CCCCC2)ncn1)[C@H]1CCCO1. The predicted molar refractivity (Wildman–Crippen MR) is 85.6 cm³/mol. The first-order valence-electron chi connectivity index (χ1n) is 8.42. The molecule has 1 atom stereocenters. The largest absolute Gasteiger partial charge is 0.476 e. The highest BCUT2D eigenvalue weighted by atomic mass is 16.5. The number of carbonyl (C=O) groups excluding carboxylic acids is 1. The van der Waals surface area contributed by atoms with Crippen LogP contribution in [0.4, 0.5) is 5.82 Å². The number of hydrogen-bond donors (Lipinski definition) is 1. The summed E-state index contributed by atoms with van der Waals surface area (Å²) in [5.41, 5.74) is 0. The molecule has 2 aliphatic heterocycles. The normalized spacial score (nSPS) is 21.2. The zero-order chi connectivity index (χ0) is 15.9. The maximum absolute atomic E-state index is 11.8. The van der Waals surface area contributed by atoms with Crippen molar-refractivity contribution in [3.8, 4) is 5.88 Å². The molecule has 0 aromatic carbocycles. The van der Waals surface area contributed by atoms with Gasteiger partial charge in [-0.3, -0.25) is 4.79 Å². The Morgan fingerprint density at radius 2 is 2.17 bits per heavy atom. The standard InChI is InChI=1S/C16H24N4O3/c21-16(13-5-4-9-22-13)17-6-10-23-15-11-14(18-12-19-15)20-7-2-1-3-8-20/h11-13H,1-10H2,(H,17,21)/t13-/m1/s1. The van der Waals surface area contributed by atoms with Gasteiger partial charge in [-0.2, -0.15) is 0 Å². The molecule has 0 bridgehead atoms. The first kappa shape index (κ1) is 16.0. The summed E-state index contributed by atoms with van der Waals surface area (Å²) in [6, 6.07) is 1.87. The predicted octanol–water partition coefficient (Wildman–Crippen LogP) is 1.14. The van der Waals surface area contributed by atoms with Crippen LogP contribution in [0.2, 0.25) is 0 Å². The Balaban J connectivity index is 1.42. The summed E-state index contributed by atoms with van der Waals surface area (Å²) in [7, 11) is 0. The van der Waals surface area contributed by atoms with Crippen LogP contribution in [0.3, 0.4) is 0 Å². The van der Waals surface area contributed by atoms with Crippen LogP contribution in [0.15, 0.2) is 12.4 Å². The smallest absolute Gasteiger partial charge is 0.249 e. The summed E-state index contributed by atoms with van der Waals surface area (Å²) in [6.45, 7) is 3.58. The van der Waals surface area contributed by atoms with E-state index in [1.807, 2.05) is 6.07 Å². The fourth-order valence-corrected chi connectivity index (χ4v) is 2.93. The Morgan fingerprint density at radius 3 is 2.96 bits per heavy atom. The number of amides is 1. The molecule has 7 nitrogen and oxygen atoms in total. The second-order valence-corrected chi connectivity index (χ2v) is 5.90. The van der Waals surface area contributed by atoms with Crippen molar-refractivity contribution in [3.63, 3.8) is 0 Å². The van der Waals surface area contributed by atoms with Crippen LogP contribution in [0, 0.1) is 0 Å². The number of nitrogens with one attached hydrogen (secondary N) is 1. The van der Waals surface area contributed by atoms with Crippen molar-refractivity contribution in [2.75, 3.05) is 37.7 Å². The lowest BCUT2D eigenvalue weighted by Crippen LogP contribution is -2.36. The molecule has 1 amide bonds. The van der Waals surface area contributed by atoms with Gasteiger partial charge in [-0.05, 0) is 32.1 Å². The zero-order valence-corrected chi connectivity index (χ0v) is 13.4. The third kappa shape index (κ3) is 4.54. The molecule has 0 spiro atoms. The molecule has 23 heavy (non-hydrogen) atoms. The van der Waals surface area contributed by atoms with Crippen molar-refractivity contribution in [1.29, 1.82) is 0 Å². The molecule has 0 unspecified atom stereocenters. The number of hydrogen-bond acceptors (Lipinski definition) is 6. The molecule has 126 valence electrons. The van der Waals surface area contributed by atoms with Crippen molar-refractivity contribution in [2.45, 2.75) is 38.2 Å². The summed E-state index contributed by atoms with van der Waals surface area (Å²) in [5, 5.41) is 2.83. The molecular formula is C16H24N4O3. The van der Waals surface area contributed by atoms with Crippen molar-refractivity contribution in [2.24, 2.45) is 0 Å². The third-order valence-corrected chi connectivity index (χ3v) is 4.18. The van der Waals surface area contributed by atoms with Crippen molar-refractivity contribution < 1.29 is 14.3 Å². The second-order valence-electron chi connectivity index (χ2n) is 5.90. The van der Waals surface area contributed by atoms with Gasteiger partial charge in [-0.1, -0.05) is 0 Å². The fraction of sp³-hybridized carbons (Fsp3) is 0.688. The summed E-state index contributed by atoms with van der Waals surface area (Å²) < 4.78 is 11.0. The lowest BCUT2D eigenvalue weighted by molar-refractivity contribution is -0.130. The van der Waals surface area contributed by atoms with Crippen molar-refractivity contribution in [3.05, 3.63) is 12.4 Å². The molecule has 2 fully saturated rings. The Bertz CT molecular complexity index is 514. The Hall–Kier alpha value is -1.89. The van der Waals surface area contributed by atoms with Crippen LogP contribution in [0.1, 0.15) is 32.1 Å². The number of ether oxygens (including phenoxy) is 2. The Morgan fingerprint density at radius 1 is 1.30 bits per heavy atom. The summed E-state index contributed by atoms with van der Waals surface area (Å²) in [5.74, 6) is 1.41. The van der Waals surface area contributed by atoms with Gasteiger partial charge < -0.3 is 19.7 Å². The van der Waals surface area contributed by atoms with Gasteiger partial charge in [0.25, 0.3) is 0 Å². The molecule has 7 heteroatoms. The molecule has 2 saturated heterocycles. The molecule has 3 rings (SSSR count). The Kier molecular flexibility index (Phi) is 5.63. The number of rotatable bonds is 6. The van der Waals surface area contributed by atoms with E-state index in [0.717, 1.165) is 31.7 Å². The lowest BCUT2D eigenvalue weighted by Gasteiger charge is -2.27. The minimum Gasteiger partial charge on any atom is -0.476 e. The Labute approximate surface area is 136 Å². The summed E-state index contributed by atoms with van der Waals surface area (Å²) >= 11 is 0. The lowest BCUT2D eigenvalue weighted by atomic mass is 10.1. The van der Waals surface area contributed by atoms with E-state index >= 15 is 0 Å². The van der Waals surface area contributed by atoms with E-state index in [9.17, 15) is 4.79 Å². The van der Waals surface area contributed by atoms with Gasteiger partial charge in [0.2, 0.25) is 11.8 Å². The van der Waals surface area contributed by atoms with Crippen molar-refractivity contribution >= 4 is 11.7 Å². The van der Waals surface area contributed by atoms with Gasteiger partial charge in [0.15, 0.2) is 0 Å². The highest BCUT2D eigenvalue weighted by Crippen LogP contribution is 2.20. The van der Waals surface area contributed by atoms with E-state index in [1.54, 1.807) is 0 Å². The quantitative estimate of drug-likeness (QED) is 0.792. The van der Waals surface area contributed by atoms with Crippen molar-refractivity contribution in [1.82, 2.24) is 15.3 Å². The molecule has 3 heterocycles. The van der Waals surface area contributed by atoms with E-state index in [1.165, 1.54) is 25.6 Å². The molecule has 1 N–H and O–H groups in total. The highest BCUT2D eigenvalue weighted by molar-refractivity contribution is 5.80. The molecule has 0 aliphatic carbocycles. The van der Waals surface area contributed by atoms with Gasteiger partial charge in [0.1, 0.15) is 24.9 Å². The van der Waals surface area contributed by atoms with E-state index in [0.29, 0.717) is 25.6 Å². The molecule has 1 aromatic rings. The number of nitrogens with zero attached hydrogens (tertiary/aromatic N) is 3. The molecule has 1 aromatic heterocycles. The first-order chi connectivity index (χ1) is 11.3. The van der Waals surface area contributed by atoms with Gasteiger partial charge in [0, 0.05) is 25.8 Å². The second kappa shape index (κ2) is 8.10. The van der Waals surface area contributed by atoms with Gasteiger partial charge in [0.05, 0.1) is 6.54 Å². The zero-order valence-electron chi connectivity index (χ0n) is 13.4. The molecule has 0 radical (unpaired) electrons. The highest BCUT2D eigenvalue weighted by Gasteiger charge is 2.22. The average Bonchev–Trinajstić information content (AvgIpc) is 3.14. The molecule has 0 saturated carbocycles. The minimum absolute atomic E-state index is 0.0530. The molecular weight excluding hydrogens is 296 g/mol. The van der Waals surface area contributed by atoms with E-state index < -0.39 is 0 Å². The van der Waals surface area contributed by atoms with Crippen LogP contribution < -0.4 is 15.0 Å². The number of anilines is 1. The van der Waals surface area contributed by atoms with E-state index in [4.69, 9.17) is 9.47 Å². The van der Waals surface area contributed by atoms with Gasteiger partial charge >= 0.3 is 0 Å². The summed E-state index contributed by atoms with van der Waals surface area (Å²) in [4.78, 5) is 22.5. The van der Waals surface area contributed by atoms with Gasteiger partial charge in [-0.15, -0.1) is 0 Å². The monoisotopic (exact) mass is 320 g/mol. The fourth-order valence-electron chi connectivity index (χ4n) is 2.93. The van der Waals surface area contributed by atoms with E-state index in [2.05, 4.69) is 20.2 Å². The number of aromatic nitrogens is 2. The topological polar surface area (TPSA) is 76.6 Å². The number of piperidine rings is 1.